The summed E-state index contributed by atoms with van der Waals surface area (Å²) in [6, 6.07) is 7.78. The van der Waals surface area contributed by atoms with E-state index in [0.717, 1.165) is 5.56 Å². The molecule has 1 fully saturated rings. The zero-order valence-corrected chi connectivity index (χ0v) is 12.2. The summed E-state index contributed by atoms with van der Waals surface area (Å²) in [4.78, 5) is 16.7. The van der Waals surface area contributed by atoms with Crippen molar-refractivity contribution < 1.29 is 4.79 Å². The van der Waals surface area contributed by atoms with Crippen LogP contribution in [0, 0.1) is 0 Å². The predicted octanol–water partition coefficient (Wildman–Crippen LogP) is 2.48. The lowest BCUT2D eigenvalue weighted by Gasteiger charge is -2.21. The van der Waals surface area contributed by atoms with Crippen LogP contribution in [-0.2, 0) is 4.79 Å². The summed E-state index contributed by atoms with van der Waals surface area (Å²) in [5, 5.41) is 6.08. The van der Waals surface area contributed by atoms with Crippen LogP contribution in [0.4, 0.5) is 0 Å². The third-order valence-electron chi connectivity index (χ3n) is 3.55. The highest BCUT2D eigenvalue weighted by atomic mass is 16.2. The number of nitrogens with one attached hydrogen (secondary N) is 2. The lowest BCUT2D eigenvalue weighted by Crippen LogP contribution is -2.46. The second kappa shape index (κ2) is 4.62. The summed E-state index contributed by atoms with van der Waals surface area (Å²) in [5.74, 6) is 1.16. The Hall–Kier alpha value is -1.84. The van der Waals surface area contributed by atoms with Crippen molar-refractivity contribution >= 4 is 11.9 Å². The van der Waals surface area contributed by atoms with Crippen molar-refractivity contribution in [3.05, 3.63) is 35.4 Å². The van der Waals surface area contributed by atoms with E-state index in [1.807, 2.05) is 39.0 Å². The van der Waals surface area contributed by atoms with Gasteiger partial charge in [-0.2, -0.15) is 0 Å². The maximum Gasteiger partial charge on any atom is 0.256 e. The maximum absolute atomic E-state index is 12.2. The topological polar surface area (TPSA) is 53.5 Å². The number of carbonyl (C=O) groups excluding carboxylic acids is 1. The number of guanidine groups is 1. The fraction of sp³-hybridized carbons (Fsp3) is 0.500. The van der Waals surface area contributed by atoms with Crippen LogP contribution in [0.25, 0.3) is 0 Å². The highest BCUT2D eigenvalue weighted by molar-refractivity contribution is 6.05. The van der Waals surface area contributed by atoms with Gasteiger partial charge < -0.3 is 5.32 Å². The summed E-state index contributed by atoms with van der Waals surface area (Å²) in [6.45, 7) is 6.15. The van der Waals surface area contributed by atoms with Crippen LogP contribution in [0.3, 0.4) is 0 Å². The molecule has 1 aromatic carbocycles. The van der Waals surface area contributed by atoms with Crippen LogP contribution in [-0.4, -0.2) is 17.4 Å². The Bertz CT molecular complexity index is 567. The number of aliphatic imine (C=N–C) groups is 1. The molecule has 0 bridgehead atoms. The van der Waals surface area contributed by atoms with Crippen molar-refractivity contribution in [1.82, 2.24) is 10.6 Å². The van der Waals surface area contributed by atoms with Crippen molar-refractivity contribution in [3.63, 3.8) is 0 Å². The maximum atomic E-state index is 12.2. The van der Waals surface area contributed by atoms with E-state index in [1.54, 1.807) is 0 Å². The number of amides is 1. The molecule has 0 spiro atoms. The van der Waals surface area contributed by atoms with Gasteiger partial charge in [0.15, 0.2) is 12.0 Å². The Labute approximate surface area is 119 Å². The fourth-order valence-electron chi connectivity index (χ4n) is 2.56. The predicted molar refractivity (Wildman–Crippen MR) is 79.6 cm³/mol. The van der Waals surface area contributed by atoms with Gasteiger partial charge in [0.05, 0.1) is 0 Å². The molecule has 1 atom stereocenters. The van der Waals surface area contributed by atoms with Gasteiger partial charge in [-0.3, -0.25) is 10.1 Å². The first-order chi connectivity index (χ1) is 9.44. The van der Waals surface area contributed by atoms with Crippen molar-refractivity contribution in [1.29, 1.82) is 0 Å². The van der Waals surface area contributed by atoms with Crippen molar-refractivity contribution in [2.75, 3.05) is 0 Å². The van der Waals surface area contributed by atoms with E-state index in [4.69, 9.17) is 0 Å². The largest absolute Gasteiger partial charge is 0.351 e. The summed E-state index contributed by atoms with van der Waals surface area (Å²) in [5.41, 5.74) is 2.23. The molecule has 1 aromatic rings. The van der Waals surface area contributed by atoms with Crippen LogP contribution < -0.4 is 10.6 Å². The van der Waals surface area contributed by atoms with E-state index < -0.39 is 6.04 Å². The lowest BCUT2D eigenvalue weighted by atomic mass is 9.97. The smallest absolute Gasteiger partial charge is 0.256 e. The summed E-state index contributed by atoms with van der Waals surface area (Å²) >= 11 is 0. The summed E-state index contributed by atoms with van der Waals surface area (Å²) < 4.78 is 0. The number of hydrogen-bond donors (Lipinski definition) is 2. The van der Waals surface area contributed by atoms with Gasteiger partial charge in [0.2, 0.25) is 0 Å². The molecule has 1 saturated carbocycles. The first kappa shape index (κ1) is 13.2. The molecule has 1 unspecified atom stereocenters. The number of nitrogens with zero attached hydrogens (tertiary/aromatic N) is 1. The molecule has 1 amide bonds. The van der Waals surface area contributed by atoms with Gasteiger partial charge in [-0.1, -0.05) is 24.3 Å². The molecule has 1 aliphatic heterocycles. The third kappa shape index (κ3) is 2.69. The Morgan fingerprint density at radius 3 is 2.45 bits per heavy atom. The van der Waals surface area contributed by atoms with Crippen LogP contribution in [0.15, 0.2) is 29.3 Å². The molecule has 4 nitrogen and oxygen atoms in total. The molecular formula is C16H21N3O. The third-order valence-corrected chi connectivity index (χ3v) is 3.55. The average molecular weight is 271 g/mol. The molecule has 20 heavy (non-hydrogen) atoms. The van der Waals surface area contributed by atoms with Gasteiger partial charge >= 0.3 is 0 Å². The van der Waals surface area contributed by atoms with Crippen LogP contribution in [0.1, 0.15) is 56.7 Å². The molecule has 2 N–H and O–H groups in total. The summed E-state index contributed by atoms with van der Waals surface area (Å²) in [7, 11) is 0. The van der Waals surface area contributed by atoms with Gasteiger partial charge in [-0.15, -0.1) is 0 Å². The Kier molecular flexibility index (Phi) is 3.04. The summed E-state index contributed by atoms with van der Waals surface area (Å²) in [6.07, 6.45) is 2.45. The monoisotopic (exact) mass is 271 g/mol. The Morgan fingerprint density at radius 1 is 1.20 bits per heavy atom. The average Bonchev–Trinajstić information content (AvgIpc) is 3.13. The van der Waals surface area contributed by atoms with E-state index in [1.165, 1.54) is 18.4 Å². The molecule has 1 aliphatic carbocycles. The molecule has 106 valence electrons. The van der Waals surface area contributed by atoms with E-state index in [2.05, 4.69) is 21.7 Å². The van der Waals surface area contributed by atoms with Gasteiger partial charge in [0, 0.05) is 5.54 Å². The van der Waals surface area contributed by atoms with Crippen LogP contribution >= 0.6 is 0 Å². The van der Waals surface area contributed by atoms with Crippen LogP contribution in [0.2, 0.25) is 0 Å². The van der Waals surface area contributed by atoms with Crippen molar-refractivity contribution in [2.24, 2.45) is 4.99 Å². The minimum Gasteiger partial charge on any atom is -0.351 e. The number of carbonyl (C=O) groups is 1. The van der Waals surface area contributed by atoms with Gasteiger partial charge in [-0.05, 0) is 50.7 Å². The normalized spacial score (nSPS) is 22.4. The Balaban J connectivity index is 1.88. The van der Waals surface area contributed by atoms with E-state index in [9.17, 15) is 4.79 Å². The van der Waals surface area contributed by atoms with Crippen molar-refractivity contribution in [3.8, 4) is 0 Å². The quantitative estimate of drug-likeness (QED) is 0.868. The van der Waals surface area contributed by atoms with Gasteiger partial charge in [0.25, 0.3) is 5.91 Å². The molecule has 4 heteroatoms. The first-order valence-corrected chi connectivity index (χ1v) is 7.20. The minimum atomic E-state index is -0.406. The zero-order valence-electron chi connectivity index (χ0n) is 12.2. The zero-order chi connectivity index (χ0) is 14.3. The molecule has 0 aromatic heterocycles. The standard InChI is InChI=1S/C16H21N3O/c1-16(2,3)19-15-17-13(14(20)18-15)12-7-5-4-6-11(12)10-8-9-10/h4-7,10,13H,8-9H2,1-3H3,(H2,17,18,19,20). The molecular weight excluding hydrogens is 250 g/mol. The molecule has 3 rings (SSSR count). The van der Waals surface area contributed by atoms with Crippen molar-refractivity contribution in [2.45, 2.75) is 51.1 Å². The number of benzene rings is 1. The molecule has 0 saturated heterocycles. The van der Waals surface area contributed by atoms with E-state index >= 15 is 0 Å². The highest BCUT2D eigenvalue weighted by Gasteiger charge is 2.34. The number of hydrogen-bond acceptors (Lipinski definition) is 3. The second-order valence-electron chi connectivity index (χ2n) is 6.65. The highest BCUT2D eigenvalue weighted by Crippen LogP contribution is 2.43. The van der Waals surface area contributed by atoms with Crippen LogP contribution in [0.5, 0.6) is 0 Å². The lowest BCUT2D eigenvalue weighted by molar-refractivity contribution is -0.120. The van der Waals surface area contributed by atoms with Gasteiger partial charge in [0.1, 0.15) is 0 Å². The minimum absolute atomic E-state index is 0.0372. The SMILES string of the molecule is CC(C)(C)NC1=NC(c2ccccc2C2CC2)C(=O)N1. The fourth-order valence-corrected chi connectivity index (χ4v) is 2.56. The Morgan fingerprint density at radius 2 is 1.85 bits per heavy atom. The first-order valence-electron chi connectivity index (χ1n) is 7.20. The van der Waals surface area contributed by atoms with Gasteiger partial charge in [-0.25, -0.2) is 4.99 Å². The van der Waals surface area contributed by atoms with E-state index in [0.29, 0.717) is 11.9 Å². The number of rotatable bonds is 2. The molecule has 0 radical (unpaired) electrons. The van der Waals surface area contributed by atoms with E-state index in [-0.39, 0.29) is 11.4 Å². The molecule has 2 aliphatic rings. The second-order valence-corrected chi connectivity index (χ2v) is 6.65. The molecule has 1 heterocycles.